The van der Waals surface area contributed by atoms with E-state index in [1.54, 1.807) is 6.07 Å². The van der Waals surface area contributed by atoms with E-state index in [1.165, 1.54) is 23.5 Å². The summed E-state index contributed by atoms with van der Waals surface area (Å²) in [5.74, 6) is -0.970. The molecule has 1 aromatic heterocycles. The first kappa shape index (κ1) is 22.7. The van der Waals surface area contributed by atoms with Crippen molar-refractivity contribution in [2.24, 2.45) is 0 Å². The molecule has 0 saturated heterocycles. The molecular formula is C21H28N2O5S. The third-order valence-electron chi connectivity index (χ3n) is 4.00. The highest BCUT2D eigenvalue weighted by Gasteiger charge is 2.23. The van der Waals surface area contributed by atoms with Gasteiger partial charge in [-0.1, -0.05) is 12.1 Å². The van der Waals surface area contributed by atoms with Crippen LogP contribution in [0.4, 0.5) is 0 Å². The van der Waals surface area contributed by atoms with Crippen LogP contribution in [0, 0.1) is 0 Å². The van der Waals surface area contributed by atoms with Crippen LogP contribution in [0.3, 0.4) is 0 Å². The lowest BCUT2D eigenvalue weighted by molar-refractivity contribution is -0.132. The van der Waals surface area contributed by atoms with Crippen molar-refractivity contribution >= 4 is 23.2 Å². The smallest absolute Gasteiger partial charge is 0.244 e. The van der Waals surface area contributed by atoms with Crippen LogP contribution in [0.1, 0.15) is 31.2 Å². The highest BCUT2D eigenvalue weighted by atomic mass is 32.1. The first-order valence-corrected chi connectivity index (χ1v) is 10.3. The molecule has 0 spiro atoms. The Morgan fingerprint density at radius 3 is 2.55 bits per heavy atom. The number of thiophene rings is 1. The van der Waals surface area contributed by atoms with Gasteiger partial charge in [-0.25, -0.2) is 0 Å². The highest BCUT2D eigenvalue weighted by Crippen LogP contribution is 2.24. The van der Waals surface area contributed by atoms with Crippen LogP contribution in [0.2, 0.25) is 0 Å². The topological polar surface area (TPSA) is 108 Å². The van der Waals surface area contributed by atoms with Crippen molar-refractivity contribution in [1.82, 2.24) is 10.6 Å². The van der Waals surface area contributed by atoms with Crippen LogP contribution in [0.25, 0.3) is 0 Å². The zero-order valence-corrected chi connectivity index (χ0v) is 17.7. The number of nitrogens with one attached hydrogen (secondary N) is 2. The summed E-state index contributed by atoms with van der Waals surface area (Å²) in [5.41, 5.74) is 0.324. The Hall–Kier alpha value is -2.58. The summed E-state index contributed by atoms with van der Waals surface area (Å²) in [6.45, 7) is 6.02. The predicted octanol–water partition coefficient (Wildman–Crippen LogP) is 2.36. The van der Waals surface area contributed by atoms with Crippen LogP contribution < -0.4 is 10.6 Å². The van der Waals surface area contributed by atoms with Gasteiger partial charge in [-0.15, -0.1) is 11.3 Å². The Morgan fingerprint density at radius 1 is 1.17 bits per heavy atom. The number of rotatable bonds is 9. The standard InChI is InChI=1S/C21H28N2O5S/c1-21(2,3)28-13-16(23-19(26)12-15-5-4-10-29-15)20(27)22-9-8-14-6-7-17(24)18(25)11-14/h4-7,10-11,16,24-25H,8-9,12-13H2,1-3H3,(H,22,27)(H,23,26)/t16-/m0/s1. The third kappa shape index (κ3) is 8.13. The van der Waals surface area contributed by atoms with E-state index in [1.807, 2.05) is 38.3 Å². The molecule has 0 aliphatic heterocycles. The van der Waals surface area contributed by atoms with Crippen molar-refractivity contribution in [1.29, 1.82) is 0 Å². The van der Waals surface area contributed by atoms with Gasteiger partial charge < -0.3 is 25.6 Å². The second-order valence-electron chi connectivity index (χ2n) is 7.66. The fourth-order valence-electron chi connectivity index (χ4n) is 2.51. The summed E-state index contributed by atoms with van der Waals surface area (Å²) < 4.78 is 5.71. The summed E-state index contributed by atoms with van der Waals surface area (Å²) in [4.78, 5) is 25.9. The molecule has 0 bridgehead atoms. The van der Waals surface area contributed by atoms with E-state index in [2.05, 4.69) is 10.6 Å². The van der Waals surface area contributed by atoms with Gasteiger partial charge in [0.2, 0.25) is 11.8 Å². The van der Waals surface area contributed by atoms with Crippen LogP contribution in [-0.2, 0) is 27.2 Å². The number of phenols is 2. The summed E-state index contributed by atoms with van der Waals surface area (Å²) in [7, 11) is 0. The summed E-state index contributed by atoms with van der Waals surface area (Å²) in [5, 5.41) is 26.3. The van der Waals surface area contributed by atoms with Gasteiger partial charge in [-0.2, -0.15) is 0 Å². The first-order valence-electron chi connectivity index (χ1n) is 9.38. The maximum atomic E-state index is 12.6. The molecule has 2 rings (SSSR count). The minimum atomic E-state index is -0.810. The molecule has 0 radical (unpaired) electrons. The van der Waals surface area contributed by atoms with Gasteiger partial charge in [0.25, 0.3) is 0 Å². The molecule has 8 heteroatoms. The molecule has 0 fully saturated rings. The molecule has 0 aliphatic rings. The van der Waals surface area contributed by atoms with E-state index >= 15 is 0 Å². The number of amides is 2. The van der Waals surface area contributed by atoms with Gasteiger partial charge in [0, 0.05) is 11.4 Å². The van der Waals surface area contributed by atoms with Crippen molar-refractivity contribution in [2.75, 3.05) is 13.2 Å². The van der Waals surface area contributed by atoms with Crippen LogP contribution >= 0.6 is 11.3 Å². The number of carbonyl (C=O) groups excluding carboxylic acids is 2. The van der Waals surface area contributed by atoms with Crippen molar-refractivity contribution in [2.45, 2.75) is 45.3 Å². The lowest BCUT2D eigenvalue weighted by Gasteiger charge is -2.24. The number of hydrogen-bond acceptors (Lipinski definition) is 6. The van der Waals surface area contributed by atoms with Crippen molar-refractivity contribution in [3.8, 4) is 11.5 Å². The van der Waals surface area contributed by atoms with E-state index in [9.17, 15) is 19.8 Å². The first-order chi connectivity index (χ1) is 13.6. The van der Waals surface area contributed by atoms with Crippen LogP contribution in [-0.4, -0.2) is 46.8 Å². The molecular weight excluding hydrogens is 392 g/mol. The normalized spacial score (nSPS) is 12.4. The Balaban J connectivity index is 1.91. The average molecular weight is 421 g/mol. The fraction of sp³-hybridized carbons (Fsp3) is 0.429. The number of benzene rings is 1. The summed E-state index contributed by atoms with van der Waals surface area (Å²) in [6, 6.07) is 7.46. The van der Waals surface area contributed by atoms with Gasteiger partial charge in [0.1, 0.15) is 6.04 Å². The van der Waals surface area contributed by atoms with E-state index in [0.717, 1.165) is 10.4 Å². The maximum Gasteiger partial charge on any atom is 0.244 e. The maximum absolute atomic E-state index is 12.6. The minimum absolute atomic E-state index is 0.0610. The summed E-state index contributed by atoms with van der Waals surface area (Å²) >= 11 is 1.49. The number of carbonyl (C=O) groups is 2. The van der Waals surface area contributed by atoms with Gasteiger partial charge >= 0.3 is 0 Å². The molecule has 1 aromatic carbocycles. The van der Waals surface area contributed by atoms with Gasteiger partial charge in [-0.05, 0) is 56.3 Å². The predicted molar refractivity (Wildman–Crippen MR) is 112 cm³/mol. The molecule has 1 heterocycles. The molecule has 158 valence electrons. The molecule has 0 saturated carbocycles. The molecule has 0 aliphatic carbocycles. The lowest BCUT2D eigenvalue weighted by Crippen LogP contribution is -2.51. The number of ether oxygens (including phenoxy) is 1. The number of hydrogen-bond donors (Lipinski definition) is 4. The van der Waals surface area contributed by atoms with Gasteiger partial charge in [0.05, 0.1) is 18.6 Å². The van der Waals surface area contributed by atoms with E-state index < -0.39 is 11.6 Å². The van der Waals surface area contributed by atoms with Crippen molar-refractivity contribution in [3.05, 3.63) is 46.2 Å². The monoisotopic (exact) mass is 420 g/mol. The van der Waals surface area contributed by atoms with Gasteiger partial charge in [0.15, 0.2) is 11.5 Å². The van der Waals surface area contributed by atoms with Crippen molar-refractivity contribution in [3.63, 3.8) is 0 Å². The molecule has 2 aromatic rings. The van der Waals surface area contributed by atoms with E-state index in [4.69, 9.17) is 4.74 Å². The Kier molecular flexibility index (Phi) is 8.04. The molecule has 4 N–H and O–H groups in total. The average Bonchev–Trinajstić information content (AvgIpc) is 3.13. The fourth-order valence-corrected chi connectivity index (χ4v) is 3.21. The third-order valence-corrected chi connectivity index (χ3v) is 4.88. The van der Waals surface area contributed by atoms with E-state index in [-0.39, 0.29) is 36.3 Å². The van der Waals surface area contributed by atoms with Crippen molar-refractivity contribution < 1.29 is 24.5 Å². The Labute approximate surface area is 174 Å². The Bertz CT molecular complexity index is 815. The second-order valence-corrected chi connectivity index (χ2v) is 8.70. The largest absolute Gasteiger partial charge is 0.504 e. The molecule has 7 nitrogen and oxygen atoms in total. The van der Waals surface area contributed by atoms with E-state index in [0.29, 0.717) is 13.0 Å². The highest BCUT2D eigenvalue weighted by molar-refractivity contribution is 7.10. The molecule has 2 amide bonds. The number of aromatic hydroxyl groups is 2. The van der Waals surface area contributed by atoms with Crippen LogP contribution in [0.15, 0.2) is 35.7 Å². The zero-order chi connectivity index (χ0) is 21.4. The Morgan fingerprint density at radius 2 is 1.93 bits per heavy atom. The second kappa shape index (κ2) is 10.3. The lowest BCUT2D eigenvalue weighted by atomic mass is 10.1. The number of phenolic OH excluding ortho intramolecular Hbond substituents is 2. The summed E-state index contributed by atoms with van der Waals surface area (Å²) in [6.07, 6.45) is 0.680. The zero-order valence-electron chi connectivity index (χ0n) is 16.9. The van der Waals surface area contributed by atoms with Crippen LogP contribution in [0.5, 0.6) is 11.5 Å². The SMILES string of the molecule is CC(C)(C)OC[C@H](NC(=O)Cc1cccs1)C(=O)NCCc1ccc(O)c(O)c1. The molecule has 0 unspecified atom stereocenters. The molecule has 1 atom stereocenters. The quantitative estimate of drug-likeness (QED) is 0.466. The molecule has 29 heavy (non-hydrogen) atoms. The van der Waals surface area contributed by atoms with Gasteiger partial charge in [-0.3, -0.25) is 9.59 Å². The minimum Gasteiger partial charge on any atom is -0.504 e.